The number of carbonyl (C=O) groups is 2. The van der Waals surface area contributed by atoms with Gasteiger partial charge in [-0.15, -0.1) is 16.4 Å². The van der Waals surface area contributed by atoms with Gasteiger partial charge in [0.1, 0.15) is 11.3 Å². The van der Waals surface area contributed by atoms with Crippen LogP contribution >= 0.6 is 11.3 Å². The van der Waals surface area contributed by atoms with Crippen molar-refractivity contribution in [2.45, 2.75) is 13.8 Å². The highest BCUT2D eigenvalue weighted by atomic mass is 32.1. The van der Waals surface area contributed by atoms with Crippen molar-refractivity contribution in [3.8, 4) is 10.6 Å². The molecule has 2 heterocycles. The molecular formula is C14H14N2O4S. The molecule has 0 bridgehead atoms. The molecule has 7 heteroatoms. The molecule has 0 N–H and O–H groups in total. The average molecular weight is 306 g/mol. The Morgan fingerprint density at radius 1 is 1.24 bits per heavy atom. The van der Waals surface area contributed by atoms with Crippen molar-refractivity contribution < 1.29 is 19.1 Å². The summed E-state index contributed by atoms with van der Waals surface area (Å²) in [7, 11) is 1.25. The third kappa shape index (κ3) is 2.92. The van der Waals surface area contributed by atoms with E-state index in [4.69, 9.17) is 9.47 Å². The Morgan fingerprint density at radius 2 is 2.00 bits per heavy atom. The van der Waals surface area contributed by atoms with E-state index in [2.05, 4.69) is 10.2 Å². The molecule has 110 valence electrons. The summed E-state index contributed by atoms with van der Waals surface area (Å²) in [6.45, 7) is 3.49. The number of nitrogens with zero attached hydrogens (tertiary/aromatic N) is 2. The second-order valence-electron chi connectivity index (χ2n) is 4.07. The van der Waals surface area contributed by atoms with Gasteiger partial charge in [-0.2, -0.15) is 5.10 Å². The first-order valence-electron chi connectivity index (χ1n) is 6.26. The zero-order valence-corrected chi connectivity index (χ0v) is 12.7. The summed E-state index contributed by atoms with van der Waals surface area (Å²) in [5, 5.41) is 9.86. The summed E-state index contributed by atoms with van der Waals surface area (Å²) < 4.78 is 9.79. The number of aromatic nitrogens is 2. The summed E-state index contributed by atoms with van der Waals surface area (Å²) in [6, 6.07) is 3.63. The standard InChI is InChI=1S/C14H14N2O4S/c1-4-20-14(18)11-10(13(17)19-3)8(2)15-16-12(11)9-6-5-7-21-9/h5-7H,4H2,1-3H3. The fourth-order valence-electron chi connectivity index (χ4n) is 1.86. The second kappa shape index (κ2) is 6.45. The quantitative estimate of drug-likeness (QED) is 0.807. The normalized spacial score (nSPS) is 10.2. The summed E-state index contributed by atoms with van der Waals surface area (Å²) >= 11 is 1.40. The fourth-order valence-corrected chi connectivity index (χ4v) is 2.58. The van der Waals surface area contributed by atoms with Crippen molar-refractivity contribution in [2.24, 2.45) is 0 Å². The molecule has 0 aliphatic rings. The van der Waals surface area contributed by atoms with E-state index < -0.39 is 11.9 Å². The Bertz CT molecular complexity index is 668. The van der Waals surface area contributed by atoms with Crippen LogP contribution in [0.3, 0.4) is 0 Å². The van der Waals surface area contributed by atoms with Gasteiger partial charge in [0.2, 0.25) is 0 Å². The number of hydrogen-bond acceptors (Lipinski definition) is 7. The number of thiophene rings is 1. The number of methoxy groups -OCH3 is 1. The number of aryl methyl sites for hydroxylation is 1. The number of ether oxygens (including phenoxy) is 2. The Kier molecular flexibility index (Phi) is 4.64. The van der Waals surface area contributed by atoms with Crippen LogP contribution in [0.2, 0.25) is 0 Å². The van der Waals surface area contributed by atoms with Gasteiger partial charge >= 0.3 is 11.9 Å². The van der Waals surface area contributed by atoms with E-state index in [0.29, 0.717) is 11.4 Å². The van der Waals surface area contributed by atoms with Gasteiger partial charge in [0, 0.05) is 0 Å². The maximum absolute atomic E-state index is 12.3. The van der Waals surface area contributed by atoms with Crippen molar-refractivity contribution in [3.63, 3.8) is 0 Å². The van der Waals surface area contributed by atoms with Gasteiger partial charge in [-0.05, 0) is 25.3 Å². The minimum atomic E-state index is -0.636. The Morgan fingerprint density at radius 3 is 2.57 bits per heavy atom. The van der Waals surface area contributed by atoms with E-state index in [-0.39, 0.29) is 17.7 Å². The van der Waals surface area contributed by atoms with Crippen LogP contribution < -0.4 is 0 Å². The molecule has 0 unspecified atom stereocenters. The van der Waals surface area contributed by atoms with Crippen molar-refractivity contribution in [1.29, 1.82) is 0 Å². The van der Waals surface area contributed by atoms with E-state index in [9.17, 15) is 9.59 Å². The summed E-state index contributed by atoms with van der Waals surface area (Å²) in [6.07, 6.45) is 0. The van der Waals surface area contributed by atoms with Crippen LogP contribution in [-0.4, -0.2) is 35.9 Å². The van der Waals surface area contributed by atoms with Crippen LogP contribution in [0.4, 0.5) is 0 Å². The van der Waals surface area contributed by atoms with Crippen LogP contribution in [0.15, 0.2) is 17.5 Å². The molecule has 0 amide bonds. The summed E-state index contributed by atoms with van der Waals surface area (Å²) in [4.78, 5) is 25.0. The molecule has 0 saturated carbocycles. The molecule has 0 aromatic carbocycles. The molecule has 0 aliphatic carbocycles. The van der Waals surface area contributed by atoms with E-state index in [0.717, 1.165) is 4.88 Å². The van der Waals surface area contributed by atoms with E-state index in [1.54, 1.807) is 19.9 Å². The number of esters is 2. The molecule has 0 atom stereocenters. The molecule has 0 fully saturated rings. The Balaban J connectivity index is 2.71. The van der Waals surface area contributed by atoms with Gasteiger partial charge in [-0.1, -0.05) is 6.07 Å². The van der Waals surface area contributed by atoms with E-state index >= 15 is 0 Å². The monoisotopic (exact) mass is 306 g/mol. The van der Waals surface area contributed by atoms with Gasteiger partial charge in [0.25, 0.3) is 0 Å². The van der Waals surface area contributed by atoms with Crippen molar-refractivity contribution >= 4 is 23.3 Å². The number of rotatable bonds is 4. The third-order valence-corrected chi connectivity index (χ3v) is 3.65. The molecule has 6 nitrogen and oxygen atoms in total. The smallest absolute Gasteiger partial charge is 0.341 e. The maximum atomic E-state index is 12.3. The SMILES string of the molecule is CCOC(=O)c1c(-c2cccs2)nnc(C)c1C(=O)OC. The second-order valence-corrected chi connectivity index (χ2v) is 5.02. The van der Waals surface area contributed by atoms with Crippen molar-refractivity contribution in [2.75, 3.05) is 13.7 Å². The van der Waals surface area contributed by atoms with Gasteiger partial charge in [0.05, 0.1) is 29.9 Å². The Hall–Kier alpha value is -2.28. The molecule has 2 aromatic rings. The van der Waals surface area contributed by atoms with Crippen LogP contribution in [0.25, 0.3) is 10.6 Å². The first-order valence-corrected chi connectivity index (χ1v) is 7.14. The largest absolute Gasteiger partial charge is 0.465 e. The lowest BCUT2D eigenvalue weighted by atomic mass is 10.0. The molecule has 0 saturated heterocycles. The third-order valence-electron chi connectivity index (χ3n) is 2.77. The first kappa shape index (κ1) is 15.1. The van der Waals surface area contributed by atoms with Crippen LogP contribution in [0, 0.1) is 6.92 Å². The topological polar surface area (TPSA) is 78.4 Å². The molecule has 0 aliphatic heterocycles. The highest BCUT2D eigenvalue weighted by Crippen LogP contribution is 2.29. The number of carbonyl (C=O) groups excluding carboxylic acids is 2. The predicted octanol–water partition coefficient (Wildman–Crippen LogP) is 2.48. The van der Waals surface area contributed by atoms with E-state index in [1.807, 2.05) is 11.4 Å². The maximum Gasteiger partial charge on any atom is 0.341 e. The van der Waals surface area contributed by atoms with Crippen LogP contribution in [-0.2, 0) is 9.47 Å². The zero-order valence-electron chi connectivity index (χ0n) is 11.9. The minimum absolute atomic E-state index is 0.0920. The lowest BCUT2D eigenvalue weighted by molar-refractivity contribution is 0.0503. The van der Waals surface area contributed by atoms with Crippen LogP contribution in [0.5, 0.6) is 0 Å². The first-order chi connectivity index (χ1) is 10.1. The molecule has 2 rings (SSSR count). The molecule has 2 aromatic heterocycles. The molecular weight excluding hydrogens is 292 g/mol. The minimum Gasteiger partial charge on any atom is -0.465 e. The fraction of sp³-hybridized carbons (Fsp3) is 0.286. The predicted molar refractivity (Wildman–Crippen MR) is 77.4 cm³/mol. The van der Waals surface area contributed by atoms with Crippen LogP contribution in [0.1, 0.15) is 33.3 Å². The summed E-state index contributed by atoms with van der Waals surface area (Å²) in [5.41, 5.74) is 0.840. The van der Waals surface area contributed by atoms with Gasteiger partial charge < -0.3 is 9.47 Å². The molecule has 21 heavy (non-hydrogen) atoms. The Labute approximate surface area is 125 Å². The van der Waals surface area contributed by atoms with Crippen molar-refractivity contribution in [3.05, 3.63) is 34.3 Å². The molecule has 0 spiro atoms. The molecule has 0 radical (unpaired) electrons. The lowest BCUT2D eigenvalue weighted by Crippen LogP contribution is -2.18. The zero-order chi connectivity index (χ0) is 15.4. The van der Waals surface area contributed by atoms with E-state index in [1.165, 1.54) is 18.4 Å². The highest BCUT2D eigenvalue weighted by Gasteiger charge is 2.28. The van der Waals surface area contributed by atoms with Gasteiger partial charge in [0.15, 0.2) is 0 Å². The summed E-state index contributed by atoms with van der Waals surface area (Å²) in [5.74, 6) is -1.25. The number of hydrogen-bond donors (Lipinski definition) is 0. The van der Waals surface area contributed by atoms with Gasteiger partial charge in [-0.3, -0.25) is 0 Å². The average Bonchev–Trinajstić information content (AvgIpc) is 3.00. The highest BCUT2D eigenvalue weighted by molar-refractivity contribution is 7.13. The lowest BCUT2D eigenvalue weighted by Gasteiger charge is -2.12. The van der Waals surface area contributed by atoms with Crippen molar-refractivity contribution in [1.82, 2.24) is 10.2 Å². The van der Waals surface area contributed by atoms with Gasteiger partial charge in [-0.25, -0.2) is 9.59 Å².